The number of carbonyl (C=O) groups is 2. The third-order valence-corrected chi connectivity index (χ3v) is 4.06. The quantitative estimate of drug-likeness (QED) is 0.419. The summed E-state index contributed by atoms with van der Waals surface area (Å²) in [6.07, 6.45) is 3.33. The van der Waals surface area contributed by atoms with Crippen molar-refractivity contribution >= 4 is 17.5 Å². The van der Waals surface area contributed by atoms with Crippen LogP contribution in [0.3, 0.4) is 0 Å². The molecule has 0 saturated heterocycles. The summed E-state index contributed by atoms with van der Waals surface area (Å²) >= 11 is 0. The Morgan fingerprint density at radius 3 is 2.30 bits per heavy atom. The lowest BCUT2D eigenvalue weighted by Crippen LogP contribution is -2.35. The minimum absolute atomic E-state index is 0.142. The van der Waals surface area contributed by atoms with Gasteiger partial charge in [0.2, 0.25) is 11.8 Å². The van der Waals surface area contributed by atoms with Crippen LogP contribution in [0.2, 0.25) is 0 Å². The van der Waals surface area contributed by atoms with Gasteiger partial charge in [0.1, 0.15) is 0 Å². The van der Waals surface area contributed by atoms with Gasteiger partial charge in [-0.15, -0.1) is 0 Å². The number of para-hydroxylation sites is 1. The van der Waals surface area contributed by atoms with Gasteiger partial charge in [-0.3, -0.25) is 14.4 Å². The van der Waals surface area contributed by atoms with Crippen molar-refractivity contribution in [2.24, 2.45) is 5.73 Å². The van der Waals surface area contributed by atoms with E-state index in [-0.39, 0.29) is 11.8 Å². The Morgan fingerprint density at radius 2 is 1.59 bits per heavy atom. The van der Waals surface area contributed by atoms with E-state index in [2.05, 4.69) is 10.8 Å². The lowest BCUT2D eigenvalue weighted by atomic mass is 10.1. The van der Waals surface area contributed by atoms with Crippen LogP contribution in [0.5, 0.6) is 0 Å². The van der Waals surface area contributed by atoms with E-state index in [4.69, 9.17) is 10.6 Å². The molecule has 0 aliphatic heterocycles. The number of anilines is 1. The average molecular weight is 369 g/mol. The van der Waals surface area contributed by atoms with Gasteiger partial charge in [-0.1, -0.05) is 61.4 Å². The van der Waals surface area contributed by atoms with Gasteiger partial charge in [0.25, 0.3) is 0 Å². The van der Waals surface area contributed by atoms with E-state index in [1.54, 1.807) is 0 Å². The summed E-state index contributed by atoms with van der Waals surface area (Å²) in [5.74, 6) is -0.328. The monoisotopic (exact) mass is 369 g/mol. The van der Waals surface area contributed by atoms with Crippen LogP contribution in [-0.4, -0.2) is 17.9 Å². The molecule has 0 unspecified atom stereocenters. The summed E-state index contributed by atoms with van der Waals surface area (Å²) in [7, 11) is 0. The zero-order valence-electron chi connectivity index (χ0n) is 15.4. The Morgan fingerprint density at radius 1 is 0.926 bits per heavy atom. The number of unbranched alkanes of at least 4 members (excludes halogenated alkanes) is 2. The molecule has 1 atom stereocenters. The summed E-state index contributed by atoms with van der Waals surface area (Å²) in [5, 5.41) is 2.79. The molecular formula is C21H27N3O3. The fourth-order valence-corrected chi connectivity index (χ4v) is 2.54. The highest BCUT2D eigenvalue weighted by atomic mass is 16.6. The predicted octanol–water partition coefficient (Wildman–Crippen LogP) is 3.15. The molecule has 4 N–H and O–H groups in total. The SMILES string of the molecule is N[C@@H](CCCCCC(=O)NOCc1ccccc1)C(=O)Nc1ccccc1. The number of hydrogen-bond acceptors (Lipinski definition) is 4. The molecule has 0 bridgehead atoms. The first-order valence-corrected chi connectivity index (χ1v) is 9.21. The maximum Gasteiger partial charge on any atom is 0.243 e. The topological polar surface area (TPSA) is 93.5 Å². The van der Waals surface area contributed by atoms with Crippen LogP contribution < -0.4 is 16.5 Å². The van der Waals surface area contributed by atoms with Crippen molar-refractivity contribution in [3.05, 3.63) is 66.2 Å². The highest BCUT2D eigenvalue weighted by molar-refractivity contribution is 5.94. The molecule has 144 valence electrons. The number of nitrogens with two attached hydrogens (primary N) is 1. The van der Waals surface area contributed by atoms with Crippen LogP contribution >= 0.6 is 0 Å². The van der Waals surface area contributed by atoms with Crippen LogP contribution in [-0.2, 0) is 21.0 Å². The van der Waals surface area contributed by atoms with Gasteiger partial charge in [-0.25, -0.2) is 5.48 Å². The number of amides is 2. The molecule has 6 nitrogen and oxygen atoms in total. The third kappa shape index (κ3) is 8.48. The van der Waals surface area contributed by atoms with Crippen molar-refractivity contribution in [3.8, 4) is 0 Å². The Bertz CT molecular complexity index is 692. The number of rotatable bonds is 11. The number of benzene rings is 2. The smallest absolute Gasteiger partial charge is 0.243 e. The van der Waals surface area contributed by atoms with E-state index < -0.39 is 6.04 Å². The van der Waals surface area contributed by atoms with Crippen molar-refractivity contribution in [2.45, 2.75) is 44.8 Å². The van der Waals surface area contributed by atoms with Crippen LogP contribution in [0.15, 0.2) is 60.7 Å². The zero-order valence-corrected chi connectivity index (χ0v) is 15.4. The summed E-state index contributed by atoms with van der Waals surface area (Å²) in [5.41, 5.74) is 10.1. The largest absolute Gasteiger partial charge is 0.325 e. The van der Waals surface area contributed by atoms with E-state index in [0.29, 0.717) is 19.4 Å². The number of carbonyl (C=O) groups excluding carboxylic acids is 2. The summed E-state index contributed by atoms with van der Waals surface area (Å²) < 4.78 is 0. The van der Waals surface area contributed by atoms with Gasteiger partial charge in [0.05, 0.1) is 12.6 Å². The van der Waals surface area contributed by atoms with Gasteiger partial charge in [0, 0.05) is 12.1 Å². The van der Waals surface area contributed by atoms with Crippen molar-refractivity contribution in [1.29, 1.82) is 0 Å². The fourth-order valence-electron chi connectivity index (χ4n) is 2.54. The second kappa shape index (κ2) is 11.8. The minimum atomic E-state index is -0.548. The minimum Gasteiger partial charge on any atom is -0.325 e. The van der Waals surface area contributed by atoms with E-state index in [0.717, 1.165) is 30.5 Å². The van der Waals surface area contributed by atoms with Crippen molar-refractivity contribution in [2.75, 3.05) is 5.32 Å². The third-order valence-electron chi connectivity index (χ3n) is 4.06. The van der Waals surface area contributed by atoms with Gasteiger partial charge in [0.15, 0.2) is 0 Å². The standard InChI is InChI=1S/C21H27N3O3/c22-19(21(26)23-18-12-6-2-7-13-18)14-8-3-9-15-20(25)24-27-16-17-10-4-1-5-11-17/h1-2,4-7,10-13,19H,3,8-9,14-16,22H2,(H,23,26)(H,24,25)/t19-/m0/s1. The fraction of sp³-hybridized carbons (Fsp3) is 0.333. The summed E-state index contributed by atoms with van der Waals surface area (Å²) in [4.78, 5) is 28.9. The molecule has 0 fully saturated rings. The molecule has 27 heavy (non-hydrogen) atoms. The second-order valence-electron chi connectivity index (χ2n) is 6.36. The van der Waals surface area contributed by atoms with Gasteiger partial charge >= 0.3 is 0 Å². The Hall–Kier alpha value is -2.70. The lowest BCUT2D eigenvalue weighted by Gasteiger charge is -2.12. The van der Waals surface area contributed by atoms with Crippen molar-refractivity contribution in [1.82, 2.24) is 5.48 Å². The first kappa shape index (κ1) is 20.6. The number of hydrogen-bond donors (Lipinski definition) is 3. The molecule has 0 spiro atoms. The molecule has 2 aromatic carbocycles. The lowest BCUT2D eigenvalue weighted by molar-refractivity contribution is -0.134. The molecule has 0 saturated carbocycles. The maximum absolute atomic E-state index is 12.0. The molecule has 0 aliphatic carbocycles. The highest BCUT2D eigenvalue weighted by Gasteiger charge is 2.13. The molecular weight excluding hydrogens is 342 g/mol. The van der Waals surface area contributed by atoms with E-state index in [1.807, 2.05) is 60.7 Å². The predicted molar refractivity (Wildman–Crippen MR) is 106 cm³/mol. The van der Waals surface area contributed by atoms with Crippen LogP contribution in [0.25, 0.3) is 0 Å². The van der Waals surface area contributed by atoms with E-state index in [1.165, 1.54) is 0 Å². The van der Waals surface area contributed by atoms with E-state index >= 15 is 0 Å². The first-order chi connectivity index (χ1) is 13.1. The number of nitrogens with one attached hydrogen (secondary N) is 2. The Balaban J connectivity index is 1.50. The van der Waals surface area contributed by atoms with Crippen LogP contribution in [0.4, 0.5) is 5.69 Å². The van der Waals surface area contributed by atoms with Gasteiger partial charge in [-0.05, 0) is 30.5 Å². The molecule has 0 aliphatic rings. The van der Waals surface area contributed by atoms with Crippen molar-refractivity contribution < 1.29 is 14.4 Å². The first-order valence-electron chi connectivity index (χ1n) is 9.21. The molecule has 2 aromatic rings. The van der Waals surface area contributed by atoms with Crippen LogP contribution in [0, 0.1) is 0 Å². The van der Waals surface area contributed by atoms with E-state index in [9.17, 15) is 9.59 Å². The summed E-state index contributed by atoms with van der Waals surface area (Å²) in [6, 6.07) is 18.3. The second-order valence-corrected chi connectivity index (χ2v) is 6.36. The highest BCUT2D eigenvalue weighted by Crippen LogP contribution is 2.09. The zero-order chi connectivity index (χ0) is 19.3. The molecule has 2 amide bonds. The van der Waals surface area contributed by atoms with Crippen LogP contribution in [0.1, 0.15) is 37.7 Å². The molecule has 2 rings (SSSR count). The number of hydroxylamine groups is 1. The average Bonchev–Trinajstić information content (AvgIpc) is 2.69. The van der Waals surface area contributed by atoms with Gasteiger partial charge in [-0.2, -0.15) is 0 Å². The van der Waals surface area contributed by atoms with Gasteiger partial charge < -0.3 is 11.1 Å². The molecule has 0 aromatic heterocycles. The van der Waals surface area contributed by atoms with Crippen molar-refractivity contribution in [3.63, 3.8) is 0 Å². The summed E-state index contributed by atoms with van der Waals surface area (Å²) in [6.45, 7) is 0.345. The molecule has 6 heteroatoms. The maximum atomic E-state index is 12.0. The Kier molecular flexibility index (Phi) is 9.03. The normalized spacial score (nSPS) is 11.6. The molecule has 0 heterocycles. The molecule has 0 radical (unpaired) electrons. The Labute approximate surface area is 160 Å².